The number of benzene rings is 2. The first-order valence-corrected chi connectivity index (χ1v) is 11.3. The van der Waals surface area contributed by atoms with E-state index < -0.39 is 0 Å². The number of ether oxygens (including phenoxy) is 1. The summed E-state index contributed by atoms with van der Waals surface area (Å²) in [5.74, 6) is 1.45. The fourth-order valence-electron chi connectivity index (χ4n) is 3.78. The van der Waals surface area contributed by atoms with Crippen molar-refractivity contribution in [3.05, 3.63) is 94.8 Å². The largest absolute Gasteiger partial charge is 0.481 e. The van der Waals surface area contributed by atoms with Crippen LogP contribution in [0.3, 0.4) is 0 Å². The summed E-state index contributed by atoms with van der Waals surface area (Å²) in [5.41, 5.74) is 13.8. The molecule has 184 valence electrons. The van der Waals surface area contributed by atoms with Crippen LogP contribution in [0.5, 0.6) is 5.88 Å². The van der Waals surface area contributed by atoms with E-state index in [0.717, 1.165) is 22.6 Å². The van der Waals surface area contributed by atoms with Gasteiger partial charge in [-0.3, -0.25) is 9.36 Å². The third-order valence-corrected chi connectivity index (χ3v) is 5.51. The van der Waals surface area contributed by atoms with E-state index in [2.05, 4.69) is 15.0 Å². The summed E-state index contributed by atoms with van der Waals surface area (Å²) >= 11 is 0. The van der Waals surface area contributed by atoms with Crippen LogP contribution in [0.4, 0.5) is 11.8 Å². The number of nitrogens with zero attached hydrogens (tertiary/aromatic N) is 6. The molecule has 0 aliphatic carbocycles. The zero-order chi connectivity index (χ0) is 26.4. The molecular weight excluding hydrogens is 468 g/mol. The molecule has 3 heterocycles. The summed E-state index contributed by atoms with van der Waals surface area (Å²) in [5, 5.41) is 8.95. The number of nitrogens with two attached hydrogens (primary N) is 2. The second-order valence-electron chi connectivity index (χ2n) is 7.78. The molecule has 5 rings (SSSR count). The topological polar surface area (TPSA) is 159 Å². The molecule has 0 radical (unpaired) electrons. The summed E-state index contributed by atoms with van der Waals surface area (Å²) < 4.78 is 6.94. The average molecular weight is 493 g/mol. The predicted molar refractivity (Wildman–Crippen MR) is 142 cm³/mol. The van der Waals surface area contributed by atoms with Crippen molar-refractivity contribution in [1.29, 1.82) is 5.26 Å². The van der Waals surface area contributed by atoms with E-state index >= 15 is 0 Å². The minimum absolute atomic E-state index is 0.0746. The van der Waals surface area contributed by atoms with Crippen LogP contribution in [0.1, 0.15) is 18.3 Å². The smallest absolute Gasteiger partial charge is 0.266 e. The Morgan fingerprint density at radius 3 is 2.49 bits per heavy atom. The summed E-state index contributed by atoms with van der Waals surface area (Å²) in [6, 6.07) is 20.9. The maximum Gasteiger partial charge on any atom is 0.266 e. The standard InChI is InChI=1S/C22H19N3O2.C5H5N5/c1-3-19-24-18-11-7-10-17(15-12-13-23-20(14-15)27-2)21(18)22(26)25(19)16-8-5-4-6-9-16;6-1-3-2-9-5(8)10-4(3)7/h4-14H,3H2,1-2H3;2H,(H4,7,8,9,10). The van der Waals surface area contributed by atoms with Crippen molar-refractivity contribution in [2.45, 2.75) is 13.3 Å². The number of methoxy groups -OCH3 is 1. The number of para-hydroxylation sites is 1. The number of nitrogen functional groups attached to an aromatic ring is 2. The lowest BCUT2D eigenvalue weighted by atomic mass is 10.0. The number of pyridine rings is 1. The highest BCUT2D eigenvalue weighted by Crippen LogP contribution is 2.28. The van der Waals surface area contributed by atoms with Gasteiger partial charge in [-0.05, 0) is 35.4 Å². The monoisotopic (exact) mass is 492 g/mol. The van der Waals surface area contributed by atoms with E-state index in [1.165, 1.54) is 6.20 Å². The van der Waals surface area contributed by atoms with E-state index in [1.54, 1.807) is 17.9 Å². The first-order valence-electron chi connectivity index (χ1n) is 11.3. The van der Waals surface area contributed by atoms with E-state index in [9.17, 15) is 4.79 Å². The van der Waals surface area contributed by atoms with Gasteiger partial charge in [-0.1, -0.05) is 37.3 Å². The molecule has 5 aromatic rings. The molecule has 37 heavy (non-hydrogen) atoms. The Labute approximate surface area is 212 Å². The molecule has 0 fully saturated rings. The fraction of sp³-hybridized carbons (Fsp3) is 0.111. The Morgan fingerprint density at radius 1 is 1.03 bits per heavy atom. The van der Waals surface area contributed by atoms with Crippen LogP contribution in [0.25, 0.3) is 27.7 Å². The molecule has 0 saturated heterocycles. The van der Waals surface area contributed by atoms with Gasteiger partial charge < -0.3 is 16.2 Å². The summed E-state index contributed by atoms with van der Waals surface area (Å²) in [7, 11) is 1.58. The SMILES string of the molecule is CCc1nc2cccc(-c3ccnc(OC)c3)c2c(=O)n1-c1ccccc1.N#Cc1cnc(N)nc1N. The minimum atomic E-state index is -0.0746. The van der Waals surface area contributed by atoms with Gasteiger partial charge in [0.2, 0.25) is 11.8 Å². The second-order valence-corrected chi connectivity index (χ2v) is 7.78. The van der Waals surface area contributed by atoms with E-state index in [1.807, 2.05) is 73.7 Å². The minimum Gasteiger partial charge on any atom is -0.481 e. The quantitative estimate of drug-likeness (QED) is 0.382. The van der Waals surface area contributed by atoms with Gasteiger partial charge in [0.15, 0.2) is 0 Å². The molecule has 0 bridgehead atoms. The van der Waals surface area contributed by atoms with Crippen molar-refractivity contribution in [2.24, 2.45) is 0 Å². The normalized spacial score (nSPS) is 10.3. The Balaban J connectivity index is 0.000000270. The third kappa shape index (κ3) is 5.21. The van der Waals surface area contributed by atoms with Gasteiger partial charge in [-0.2, -0.15) is 10.2 Å². The Kier molecular flexibility index (Phi) is 7.35. The van der Waals surface area contributed by atoms with Crippen LogP contribution in [-0.2, 0) is 6.42 Å². The first kappa shape index (κ1) is 24.8. The van der Waals surface area contributed by atoms with Gasteiger partial charge in [0.1, 0.15) is 23.3 Å². The molecule has 0 saturated carbocycles. The number of aryl methyl sites for hydroxylation is 1. The van der Waals surface area contributed by atoms with Crippen molar-refractivity contribution in [3.8, 4) is 28.8 Å². The van der Waals surface area contributed by atoms with Gasteiger partial charge in [-0.25, -0.2) is 15.0 Å². The number of rotatable bonds is 4. The van der Waals surface area contributed by atoms with Gasteiger partial charge in [0.05, 0.1) is 29.9 Å². The maximum atomic E-state index is 13.5. The van der Waals surface area contributed by atoms with Crippen LogP contribution in [0, 0.1) is 11.3 Å². The number of anilines is 2. The van der Waals surface area contributed by atoms with Gasteiger partial charge in [0, 0.05) is 18.7 Å². The molecule has 10 heteroatoms. The molecular formula is C27H24N8O2. The molecule has 0 amide bonds. The number of aromatic nitrogens is 5. The molecule has 0 atom stereocenters. The van der Waals surface area contributed by atoms with Crippen molar-refractivity contribution in [3.63, 3.8) is 0 Å². The highest BCUT2D eigenvalue weighted by atomic mass is 16.5. The van der Waals surface area contributed by atoms with Crippen LogP contribution < -0.4 is 21.8 Å². The molecule has 2 aromatic carbocycles. The van der Waals surface area contributed by atoms with Crippen molar-refractivity contribution in [1.82, 2.24) is 24.5 Å². The van der Waals surface area contributed by atoms with E-state index in [4.69, 9.17) is 26.5 Å². The zero-order valence-electron chi connectivity index (χ0n) is 20.3. The lowest BCUT2D eigenvalue weighted by Gasteiger charge is -2.14. The lowest BCUT2D eigenvalue weighted by molar-refractivity contribution is 0.398. The van der Waals surface area contributed by atoms with Crippen molar-refractivity contribution >= 4 is 22.7 Å². The number of hydrogen-bond donors (Lipinski definition) is 2. The van der Waals surface area contributed by atoms with Gasteiger partial charge in [-0.15, -0.1) is 0 Å². The van der Waals surface area contributed by atoms with Crippen LogP contribution >= 0.6 is 0 Å². The van der Waals surface area contributed by atoms with E-state index in [-0.39, 0.29) is 22.9 Å². The number of hydrogen-bond acceptors (Lipinski definition) is 9. The molecule has 0 aliphatic heterocycles. The molecule has 4 N–H and O–H groups in total. The summed E-state index contributed by atoms with van der Waals surface area (Å²) in [6.07, 6.45) is 3.63. The Bertz CT molecular complexity index is 1660. The van der Waals surface area contributed by atoms with Gasteiger partial charge in [0.25, 0.3) is 5.56 Å². The molecule has 3 aromatic heterocycles. The summed E-state index contributed by atoms with van der Waals surface area (Å²) in [6.45, 7) is 2.00. The van der Waals surface area contributed by atoms with E-state index in [0.29, 0.717) is 23.2 Å². The highest BCUT2D eigenvalue weighted by Gasteiger charge is 2.15. The zero-order valence-corrected chi connectivity index (χ0v) is 20.3. The molecule has 10 nitrogen and oxygen atoms in total. The molecule has 0 unspecified atom stereocenters. The number of nitriles is 1. The third-order valence-electron chi connectivity index (χ3n) is 5.51. The average Bonchev–Trinajstić information content (AvgIpc) is 2.93. The maximum absolute atomic E-state index is 13.5. The molecule has 0 spiro atoms. The van der Waals surface area contributed by atoms with Crippen molar-refractivity contribution < 1.29 is 4.74 Å². The van der Waals surface area contributed by atoms with Crippen molar-refractivity contribution in [2.75, 3.05) is 18.6 Å². The molecule has 0 aliphatic rings. The summed E-state index contributed by atoms with van der Waals surface area (Å²) in [4.78, 5) is 29.6. The van der Waals surface area contributed by atoms with Crippen LogP contribution in [-0.4, -0.2) is 31.6 Å². The van der Waals surface area contributed by atoms with Crippen LogP contribution in [0.15, 0.2) is 77.9 Å². The van der Waals surface area contributed by atoms with Gasteiger partial charge >= 0.3 is 0 Å². The number of fused-ring (bicyclic) bond motifs is 1. The second kappa shape index (κ2) is 11.0. The highest BCUT2D eigenvalue weighted by molar-refractivity contribution is 5.94. The predicted octanol–water partition coefficient (Wildman–Crippen LogP) is 3.53. The Morgan fingerprint density at radius 2 is 1.81 bits per heavy atom. The Hall–Kier alpha value is -5.30. The van der Waals surface area contributed by atoms with Crippen LogP contribution in [0.2, 0.25) is 0 Å². The first-order chi connectivity index (χ1) is 18.0. The fourth-order valence-corrected chi connectivity index (χ4v) is 3.78. The lowest BCUT2D eigenvalue weighted by Crippen LogP contribution is -2.24.